The third-order valence-corrected chi connectivity index (χ3v) is 8.51. The molecule has 4 rings (SSSR count). The van der Waals surface area contributed by atoms with E-state index in [-0.39, 0.29) is 16.2 Å². The van der Waals surface area contributed by atoms with Gasteiger partial charge in [-0.3, -0.25) is 0 Å². The summed E-state index contributed by atoms with van der Waals surface area (Å²) < 4.78 is 0. The Morgan fingerprint density at radius 3 is 1.36 bits per heavy atom. The summed E-state index contributed by atoms with van der Waals surface area (Å²) in [5.74, 6) is 0.905. The highest BCUT2D eigenvalue weighted by Gasteiger charge is 2.56. The highest BCUT2D eigenvalue weighted by molar-refractivity contribution is 5.63. The molecule has 2 aliphatic rings. The molecule has 2 aliphatic carbocycles. The first-order chi connectivity index (χ1) is 15.6. The molecule has 2 N–H and O–H groups in total. The van der Waals surface area contributed by atoms with Crippen LogP contribution in [0.5, 0.6) is 11.5 Å². The van der Waals surface area contributed by atoms with E-state index in [0.717, 1.165) is 49.7 Å². The van der Waals surface area contributed by atoms with E-state index in [2.05, 4.69) is 65.8 Å². The fourth-order valence-corrected chi connectivity index (χ4v) is 7.00. The van der Waals surface area contributed by atoms with Gasteiger partial charge in [0, 0.05) is 5.41 Å². The lowest BCUT2D eigenvalue weighted by Gasteiger charge is -2.30. The zero-order chi connectivity index (χ0) is 24.0. The highest BCUT2D eigenvalue weighted by atomic mass is 16.3. The number of phenols is 2. The second kappa shape index (κ2) is 8.67. The van der Waals surface area contributed by atoms with Gasteiger partial charge in [0.15, 0.2) is 0 Å². The summed E-state index contributed by atoms with van der Waals surface area (Å²) in [7, 11) is 0. The van der Waals surface area contributed by atoms with Gasteiger partial charge in [0.1, 0.15) is 11.5 Å². The molecular formula is C31H44O2. The molecule has 0 amide bonds. The van der Waals surface area contributed by atoms with Crippen molar-refractivity contribution < 1.29 is 10.2 Å². The van der Waals surface area contributed by atoms with Gasteiger partial charge in [-0.2, -0.15) is 0 Å². The summed E-state index contributed by atoms with van der Waals surface area (Å²) in [6.07, 6.45) is 11.0. The van der Waals surface area contributed by atoms with Gasteiger partial charge in [0.25, 0.3) is 0 Å². The van der Waals surface area contributed by atoms with Crippen molar-refractivity contribution in [2.24, 2.45) is 0 Å². The van der Waals surface area contributed by atoms with Crippen LogP contribution in [0.25, 0.3) is 0 Å². The van der Waals surface area contributed by atoms with Gasteiger partial charge in [-0.25, -0.2) is 0 Å². The van der Waals surface area contributed by atoms with Crippen LogP contribution in [0.4, 0.5) is 0 Å². The number of hydrogen-bond acceptors (Lipinski definition) is 2. The summed E-state index contributed by atoms with van der Waals surface area (Å²) in [6.45, 7) is 13.9. The molecule has 2 aromatic carbocycles. The minimum absolute atomic E-state index is 0.0373. The molecule has 2 aromatic rings. The van der Waals surface area contributed by atoms with Gasteiger partial charge in [0.2, 0.25) is 0 Å². The van der Waals surface area contributed by atoms with Gasteiger partial charge in [0.05, 0.1) is 0 Å². The summed E-state index contributed by atoms with van der Waals surface area (Å²) in [5, 5.41) is 22.1. The standard InChI is InChI=1S/C31H44O2/c1-7-9-11-13-21-15-23-25(17-27(21)32)31(19-29(23,3)4)20-30(5,6)24-16-22(14-12-10-8-2)28(33)18-26(24)31/h15-18,32-33H,7-14,19-20H2,1-6H3. The van der Waals surface area contributed by atoms with Crippen LogP contribution in [0.3, 0.4) is 0 Å². The monoisotopic (exact) mass is 448 g/mol. The predicted octanol–water partition coefficient (Wildman–Crippen LogP) is 8.21. The molecule has 0 heterocycles. The first-order valence-corrected chi connectivity index (χ1v) is 13.3. The van der Waals surface area contributed by atoms with Crippen LogP contribution in [0.15, 0.2) is 24.3 Å². The summed E-state index contributed by atoms with van der Waals surface area (Å²) in [6, 6.07) is 8.78. The van der Waals surface area contributed by atoms with Gasteiger partial charge < -0.3 is 10.2 Å². The Kier molecular flexibility index (Phi) is 6.35. The lowest BCUT2D eigenvalue weighted by molar-refractivity contribution is 0.348. The molecule has 1 spiro atoms. The van der Waals surface area contributed by atoms with Crippen LogP contribution in [-0.4, -0.2) is 10.2 Å². The molecule has 0 atom stereocenters. The van der Waals surface area contributed by atoms with Crippen LogP contribution in [0.2, 0.25) is 0 Å². The van der Waals surface area contributed by atoms with Gasteiger partial charge >= 0.3 is 0 Å². The summed E-state index contributed by atoms with van der Waals surface area (Å²) in [5.41, 5.74) is 7.48. The second-order valence-corrected chi connectivity index (χ2v) is 12.2. The van der Waals surface area contributed by atoms with Crippen molar-refractivity contribution in [1.82, 2.24) is 0 Å². The number of phenolic OH excluding ortho intramolecular Hbond substituents is 2. The van der Waals surface area contributed by atoms with Crippen molar-refractivity contribution >= 4 is 0 Å². The molecule has 0 aliphatic heterocycles. The van der Waals surface area contributed by atoms with Gasteiger partial charge in [-0.1, -0.05) is 79.4 Å². The van der Waals surface area contributed by atoms with Crippen LogP contribution >= 0.6 is 0 Å². The fraction of sp³-hybridized carbons (Fsp3) is 0.613. The van der Waals surface area contributed by atoms with E-state index in [0.29, 0.717) is 11.5 Å². The Balaban J connectivity index is 1.82. The Hall–Kier alpha value is -1.96. The predicted molar refractivity (Wildman–Crippen MR) is 139 cm³/mol. The van der Waals surface area contributed by atoms with Gasteiger partial charge in [-0.15, -0.1) is 0 Å². The minimum atomic E-state index is -0.142. The molecule has 33 heavy (non-hydrogen) atoms. The average molecular weight is 449 g/mol. The summed E-state index contributed by atoms with van der Waals surface area (Å²) >= 11 is 0. The SMILES string of the molecule is CCCCCc1cc2c(cc1O)C1(CC2(C)C)CC(C)(C)c2cc(CCCCC)c(O)cc21. The number of rotatable bonds is 8. The molecule has 0 saturated heterocycles. The smallest absolute Gasteiger partial charge is 0.119 e. The topological polar surface area (TPSA) is 40.5 Å². The number of unbranched alkanes of at least 4 members (excludes halogenated alkanes) is 4. The minimum Gasteiger partial charge on any atom is -0.508 e. The van der Waals surface area contributed by atoms with Gasteiger partial charge in [-0.05, 0) is 94.9 Å². The van der Waals surface area contributed by atoms with Crippen molar-refractivity contribution in [3.05, 3.63) is 57.6 Å². The zero-order valence-corrected chi connectivity index (χ0v) is 21.8. The Morgan fingerprint density at radius 2 is 1.00 bits per heavy atom. The maximum absolute atomic E-state index is 11.0. The number of fused-ring (bicyclic) bond motifs is 4. The third-order valence-electron chi connectivity index (χ3n) is 8.51. The van der Waals surface area contributed by atoms with Crippen LogP contribution < -0.4 is 0 Å². The van der Waals surface area contributed by atoms with Crippen molar-refractivity contribution in [2.75, 3.05) is 0 Å². The van der Waals surface area contributed by atoms with Crippen LogP contribution in [0, 0.1) is 0 Å². The van der Waals surface area contributed by atoms with Crippen molar-refractivity contribution in [3.8, 4) is 11.5 Å². The maximum atomic E-state index is 11.0. The van der Waals surface area contributed by atoms with Crippen molar-refractivity contribution in [3.63, 3.8) is 0 Å². The highest BCUT2D eigenvalue weighted by Crippen LogP contribution is 2.64. The normalized spacial score (nSPS) is 19.1. The molecule has 0 bridgehead atoms. The number of benzene rings is 2. The second-order valence-electron chi connectivity index (χ2n) is 12.2. The number of hydrogen-bond donors (Lipinski definition) is 2. The Bertz CT molecular complexity index is 944. The molecular weight excluding hydrogens is 404 g/mol. The fourth-order valence-electron chi connectivity index (χ4n) is 7.00. The summed E-state index contributed by atoms with van der Waals surface area (Å²) in [4.78, 5) is 0. The molecule has 0 saturated carbocycles. The first-order valence-electron chi connectivity index (χ1n) is 13.3. The van der Waals surface area contributed by atoms with Crippen LogP contribution in [-0.2, 0) is 29.1 Å². The van der Waals surface area contributed by atoms with Crippen LogP contribution in [0.1, 0.15) is 126 Å². The lowest BCUT2D eigenvalue weighted by atomic mass is 9.72. The first kappa shape index (κ1) is 24.2. The van der Waals surface area contributed by atoms with E-state index < -0.39 is 0 Å². The largest absolute Gasteiger partial charge is 0.508 e. The quantitative estimate of drug-likeness (QED) is 0.399. The Morgan fingerprint density at radius 1 is 0.606 bits per heavy atom. The Labute approximate surface area is 201 Å². The van der Waals surface area contributed by atoms with Crippen molar-refractivity contribution in [1.29, 1.82) is 0 Å². The van der Waals surface area contributed by atoms with E-state index in [1.54, 1.807) is 0 Å². The van der Waals surface area contributed by atoms with E-state index in [9.17, 15) is 10.2 Å². The van der Waals surface area contributed by atoms with Crippen molar-refractivity contribution in [2.45, 2.75) is 122 Å². The van der Waals surface area contributed by atoms with E-state index in [4.69, 9.17) is 0 Å². The molecule has 2 heteroatoms. The lowest BCUT2D eigenvalue weighted by Crippen LogP contribution is -2.26. The van der Waals surface area contributed by atoms with E-state index in [1.807, 2.05) is 0 Å². The zero-order valence-electron chi connectivity index (χ0n) is 21.8. The molecule has 0 unspecified atom stereocenters. The number of aromatic hydroxyl groups is 2. The maximum Gasteiger partial charge on any atom is 0.119 e. The third kappa shape index (κ3) is 4.08. The molecule has 180 valence electrons. The molecule has 0 radical (unpaired) electrons. The molecule has 0 fully saturated rings. The van der Waals surface area contributed by atoms with E-state index in [1.165, 1.54) is 47.9 Å². The molecule has 0 aromatic heterocycles. The molecule has 2 nitrogen and oxygen atoms in total. The average Bonchev–Trinajstić information content (AvgIpc) is 3.08. The van der Waals surface area contributed by atoms with E-state index >= 15 is 0 Å². The number of aryl methyl sites for hydroxylation is 2.